The number of nitrogens with zero attached hydrogens (tertiary/aromatic N) is 3. The molecule has 1 aliphatic heterocycles. The second-order valence-corrected chi connectivity index (χ2v) is 7.42. The van der Waals surface area contributed by atoms with Crippen molar-refractivity contribution in [1.82, 2.24) is 9.97 Å². The first-order chi connectivity index (χ1) is 13.5. The smallest absolute Gasteiger partial charge is 0.274 e. The van der Waals surface area contributed by atoms with E-state index in [9.17, 15) is 4.79 Å². The molecule has 1 aromatic heterocycles. The highest BCUT2D eigenvalue weighted by atomic mass is 35.5. The number of hydrogen-bond acceptors (Lipinski definition) is 4. The number of fused-ring (bicyclic) bond motifs is 1. The number of hydrogen-bond donors (Lipinski definition) is 1. The van der Waals surface area contributed by atoms with Crippen molar-refractivity contribution < 1.29 is 4.79 Å². The lowest BCUT2D eigenvalue weighted by Gasteiger charge is -2.30. The molecule has 1 aliphatic rings. The van der Waals surface area contributed by atoms with Gasteiger partial charge in [-0.3, -0.25) is 4.79 Å². The summed E-state index contributed by atoms with van der Waals surface area (Å²) in [5.74, 6) is 1.07. The maximum atomic E-state index is 12.7. The highest BCUT2D eigenvalue weighted by Gasteiger charge is 2.19. The zero-order valence-corrected chi connectivity index (χ0v) is 16.6. The first-order valence-electron chi connectivity index (χ1n) is 9.24. The van der Waals surface area contributed by atoms with Gasteiger partial charge < -0.3 is 10.2 Å². The summed E-state index contributed by atoms with van der Waals surface area (Å²) in [6.45, 7) is 5.37. The van der Waals surface area contributed by atoms with Gasteiger partial charge in [-0.1, -0.05) is 41.9 Å². The average molecular weight is 393 g/mol. The Labute approximate surface area is 169 Å². The second-order valence-electron chi connectivity index (χ2n) is 7.02. The lowest BCUT2D eigenvalue weighted by molar-refractivity contribution is 0.102. The molecule has 4 rings (SSSR count). The van der Waals surface area contributed by atoms with Crippen molar-refractivity contribution in [2.75, 3.05) is 16.8 Å². The van der Waals surface area contributed by atoms with Crippen LogP contribution in [0.2, 0.25) is 5.02 Å². The highest BCUT2D eigenvalue weighted by Crippen LogP contribution is 2.24. The van der Waals surface area contributed by atoms with E-state index in [1.807, 2.05) is 19.1 Å². The molecular formula is C22H21ClN4O. The van der Waals surface area contributed by atoms with Crippen LogP contribution >= 0.6 is 11.6 Å². The molecule has 0 unspecified atom stereocenters. The van der Waals surface area contributed by atoms with Crippen LogP contribution in [-0.2, 0) is 13.0 Å². The van der Waals surface area contributed by atoms with Crippen LogP contribution in [0.4, 0.5) is 11.5 Å². The maximum Gasteiger partial charge on any atom is 0.274 e. The van der Waals surface area contributed by atoms with E-state index in [2.05, 4.69) is 44.5 Å². The fraction of sp³-hybridized carbons (Fsp3) is 0.227. The van der Waals surface area contributed by atoms with Crippen LogP contribution in [0.5, 0.6) is 0 Å². The summed E-state index contributed by atoms with van der Waals surface area (Å²) in [5.41, 5.74) is 4.62. The minimum absolute atomic E-state index is 0.274. The van der Waals surface area contributed by atoms with E-state index in [4.69, 9.17) is 11.6 Å². The molecular weight excluding hydrogens is 372 g/mol. The Kier molecular flexibility index (Phi) is 5.01. The summed E-state index contributed by atoms with van der Waals surface area (Å²) in [5, 5.41) is 3.48. The minimum Gasteiger partial charge on any atom is -0.352 e. The molecule has 1 amide bonds. The largest absolute Gasteiger partial charge is 0.352 e. The molecule has 0 radical (unpaired) electrons. The molecule has 142 valence electrons. The molecule has 2 heterocycles. The summed E-state index contributed by atoms with van der Waals surface area (Å²) in [6, 6.07) is 15.6. The van der Waals surface area contributed by atoms with Crippen LogP contribution in [0.3, 0.4) is 0 Å². The fourth-order valence-electron chi connectivity index (χ4n) is 3.39. The van der Waals surface area contributed by atoms with Crippen LogP contribution < -0.4 is 10.2 Å². The van der Waals surface area contributed by atoms with E-state index in [1.165, 1.54) is 11.1 Å². The Balaban J connectivity index is 1.57. The van der Waals surface area contributed by atoms with Gasteiger partial charge >= 0.3 is 0 Å². The molecule has 0 fully saturated rings. The Morgan fingerprint density at radius 3 is 2.64 bits per heavy atom. The average Bonchev–Trinajstić information content (AvgIpc) is 2.70. The van der Waals surface area contributed by atoms with Crippen molar-refractivity contribution in [2.24, 2.45) is 0 Å². The number of aryl methyl sites for hydroxylation is 2. The zero-order valence-electron chi connectivity index (χ0n) is 15.9. The number of anilines is 2. The Morgan fingerprint density at radius 1 is 1.07 bits per heavy atom. The van der Waals surface area contributed by atoms with Crippen molar-refractivity contribution in [1.29, 1.82) is 0 Å². The minimum atomic E-state index is -0.274. The van der Waals surface area contributed by atoms with Gasteiger partial charge in [-0.05, 0) is 49.1 Å². The molecule has 6 heteroatoms. The quantitative estimate of drug-likeness (QED) is 0.709. The summed E-state index contributed by atoms with van der Waals surface area (Å²) >= 11 is 6.15. The third-order valence-corrected chi connectivity index (χ3v) is 5.35. The molecule has 2 aromatic carbocycles. The molecule has 0 bridgehead atoms. The van der Waals surface area contributed by atoms with E-state index in [0.717, 1.165) is 30.9 Å². The third-order valence-electron chi connectivity index (χ3n) is 4.94. The first kappa shape index (κ1) is 18.4. The highest BCUT2D eigenvalue weighted by molar-refractivity contribution is 6.31. The number of amides is 1. The number of nitrogens with one attached hydrogen (secondary N) is 1. The van der Waals surface area contributed by atoms with Gasteiger partial charge in [0.05, 0.1) is 0 Å². The third kappa shape index (κ3) is 3.85. The summed E-state index contributed by atoms with van der Waals surface area (Å²) in [7, 11) is 0. The van der Waals surface area contributed by atoms with Gasteiger partial charge in [0.1, 0.15) is 17.3 Å². The topological polar surface area (TPSA) is 58.1 Å². The lowest BCUT2D eigenvalue weighted by atomic mass is 10.00. The molecule has 0 saturated heterocycles. The van der Waals surface area contributed by atoms with Gasteiger partial charge in [-0.2, -0.15) is 0 Å². The van der Waals surface area contributed by atoms with Crippen molar-refractivity contribution >= 4 is 29.0 Å². The van der Waals surface area contributed by atoms with Crippen LogP contribution in [0.15, 0.2) is 48.5 Å². The predicted octanol–water partition coefficient (Wildman–Crippen LogP) is 4.56. The Morgan fingerprint density at radius 2 is 1.86 bits per heavy atom. The number of carbonyl (C=O) groups is 1. The van der Waals surface area contributed by atoms with Crippen molar-refractivity contribution in [3.63, 3.8) is 0 Å². The van der Waals surface area contributed by atoms with Crippen molar-refractivity contribution in [2.45, 2.75) is 26.8 Å². The van der Waals surface area contributed by atoms with E-state index < -0.39 is 0 Å². The van der Waals surface area contributed by atoms with Gasteiger partial charge in [-0.15, -0.1) is 0 Å². The molecule has 0 spiro atoms. The SMILES string of the molecule is Cc1nc(C(=O)Nc2ccc(C)c(Cl)c2)cc(N2CCc3ccccc3C2)n1. The maximum absolute atomic E-state index is 12.7. The predicted molar refractivity (Wildman–Crippen MR) is 112 cm³/mol. The van der Waals surface area contributed by atoms with Gasteiger partial charge in [0.2, 0.25) is 0 Å². The van der Waals surface area contributed by atoms with E-state index in [0.29, 0.717) is 22.2 Å². The molecule has 28 heavy (non-hydrogen) atoms. The van der Waals surface area contributed by atoms with E-state index >= 15 is 0 Å². The van der Waals surface area contributed by atoms with Crippen LogP contribution in [0.1, 0.15) is 33.0 Å². The molecule has 5 nitrogen and oxygen atoms in total. The van der Waals surface area contributed by atoms with Crippen molar-refractivity contribution in [3.8, 4) is 0 Å². The summed E-state index contributed by atoms with van der Waals surface area (Å²) in [6.07, 6.45) is 0.961. The van der Waals surface area contributed by atoms with Gasteiger partial charge in [0.25, 0.3) is 5.91 Å². The number of halogens is 1. The Hall–Kier alpha value is -2.92. The monoisotopic (exact) mass is 392 g/mol. The fourth-order valence-corrected chi connectivity index (χ4v) is 3.57. The lowest BCUT2D eigenvalue weighted by Crippen LogP contribution is -2.31. The van der Waals surface area contributed by atoms with Crippen LogP contribution in [0.25, 0.3) is 0 Å². The number of aromatic nitrogens is 2. The zero-order chi connectivity index (χ0) is 19.7. The van der Waals surface area contributed by atoms with E-state index in [-0.39, 0.29) is 5.91 Å². The molecule has 3 aromatic rings. The summed E-state index contributed by atoms with van der Waals surface area (Å²) < 4.78 is 0. The van der Waals surface area contributed by atoms with Crippen molar-refractivity contribution in [3.05, 3.63) is 81.8 Å². The molecule has 0 atom stereocenters. The van der Waals surface area contributed by atoms with Gasteiger partial charge in [0.15, 0.2) is 0 Å². The normalized spacial score (nSPS) is 13.2. The second kappa shape index (κ2) is 7.60. The number of carbonyl (C=O) groups excluding carboxylic acids is 1. The van der Waals surface area contributed by atoms with E-state index in [1.54, 1.807) is 19.1 Å². The molecule has 0 saturated carbocycles. The van der Waals surface area contributed by atoms with Gasteiger partial charge in [0, 0.05) is 29.9 Å². The Bertz CT molecular complexity index is 1050. The summed E-state index contributed by atoms with van der Waals surface area (Å²) in [4.78, 5) is 23.8. The molecule has 0 aliphatic carbocycles. The number of rotatable bonds is 3. The van der Waals surface area contributed by atoms with Crippen LogP contribution in [-0.4, -0.2) is 22.4 Å². The molecule has 1 N–H and O–H groups in total. The van der Waals surface area contributed by atoms with Crippen LogP contribution in [0, 0.1) is 13.8 Å². The standard InChI is InChI=1S/C22H21ClN4O/c1-14-7-8-18(11-19(14)23)26-22(28)20-12-21(25-15(2)24-20)27-10-9-16-5-3-4-6-17(16)13-27/h3-8,11-12H,9-10,13H2,1-2H3,(H,26,28). The van der Waals surface area contributed by atoms with Gasteiger partial charge in [-0.25, -0.2) is 9.97 Å². The number of benzene rings is 2. The first-order valence-corrected chi connectivity index (χ1v) is 9.62.